The molecule has 0 aliphatic rings. The first-order valence-corrected chi connectivity index (χ1v) is 6.46. The maximum Gasteiger partial charge on any atom is 1.00 e. The Kier molecular flexibility index (Phi) is 5.00. The molecule has 0 saturated carbocycles. The van der Waals surface area contributed by atoms with Gasteiger partial charge in [-0.25, -0.2) is 0 Å². The van der Waals surface area contributed by atoms with E-state index in [1.807, 2.05) is 18.2 Å². The van der Waals surface area contributed by atoms with E-state index in [2.05, 4.69) is 20.1 Å². The van der Waals surface area contributed by atoms with Crippen LogP contribution >= 0.6 is 15.9 Å². The summed E-state index contributed by atoms with van der Waals surface area (Å²) in [4.78, 5) is 0. The Morgan fingerprint density at radius 1 is 1.06 bits per heavy atom. The van der Waals surface area contributed by atoms with E-state index in [9.17, 15) is 8.42 Å². The number of fused-ring (bicyclic) bond motifs is 1. The molecule has 0 aliphatic carbocycles. The summed E-state index contributed by atoms with van der Waals surface area (Å²) in [6.45, 7) is 0. The standard InChI is InChI=1S/C10H7BrO4S.Na/c11-9-3-1-8-6-10(15-16(12,13)14)4-2-7(8)5-9;/h1-6H,(H,12,13,14);/q;+1. The van der Waals surface area contributed by atoms with E-state index in [0.717, 1.165) is 15.2 Å². The van der Waals surface area contributed by atoms with Gasteiger partial charge in [0.1, 0.15) is 5.75 Å². The van der Waals surface area contributed by atoms with Gasteiger partial charge >= 0.3 is 40.0 Å². The third kappa shape index (κ3) is 4.24. The first-order chi connectivity index (χ1) is 7.44. The molecule has 0 fully saturated rings. The van der Waals surface area contributed by atoms with Crippen LogP contribution in [-0.4, -0.2) is 13.0 Å². The second kappa shape index (κ2) is 5.69. The smallest absolute Gasteiger partial charge is 0.362 e. The summed E-state index contributed by atoms with van der Waals surface area (Å²) in [6.07, 6.45) is 0. The Morgan fingerprint density at radius 3 is 2.29 bits per heavy atom. The minimum atomic E-state index is -4.46. The SMILES string of the molecule is O=S(=O)(O)Oc1ccc2cc(Br)ccc2c1.[Na+]. The molecule has 0 unspecified atom stereocenters. The first kappa shape index (κ1) is 14.9. The van der Waals surface area contributed by atoms with E-state index in [0.29, 0.717) is 0 Å². The summed E-state index contributed by atoms with van der Waals surface area (Å²) >= 11 is 3.33. The zero-order valence-corrected chi connectivity index (χ0v) is 13.3. The maximum atomic E-state index is 10.5. The Hall–Kier alpha value is -0.110. The van der Waals surface area contributed by atoms with Crippen LogP contribution in [0.15, 0.2) is 40.9 Å². The second-order valence-corrected chi connectivity index (χ2v) is 5.10. The fourth-order valence-electron chi connectivity index (χ4n) is 1.37. The van der Waals surface area contributed by atoms with Crippen LogP contribution in [-0.2, 0) is 10.4 Å². The number of hydrogen-bond donors (Lipinski definition) is 1. The van der Waals surface area contributed by atoms with Crippen molar-refractivity contribution in [2.45, 2.75) is 0 Å². The van der Waals surface area contributed by atoms with Crippen molar-refractivity contribution in [3.05, 3.63) is 40.9 Å². The van der Waals surface area contributed by atoms with Gasteiger partial charge in [-0.05, 0) is 35.0 Å². The minimum absolute atomic E-state index is 0. The van der Waals surface area contributed by atoms with E-state index < -0.39 is 10.4 Å². The number of halogens is 1. The molecule has 2 aromatic rings. The molecule has 7 heteroatoms. The van der Waals surface area contributed by atoms with Gasteiger partial charge in [-0.2, -0.15) is 8.42 Å². The molecule has 0 amide bonds. The van der Waals surface area contributed by atoms with E-state index >= 15 is 0 Å². The van der Waals surface area contributed by atoms with Crippen LogP contribution in [0.5, 0.6) is 5.75 Å². The Bertz CT molecular complexity index is 642. The monoisotopic (exact) mass is 325 g/mol. The third-order valence-corrected chi connectivity index (χ3v) is 2.87. The van der Waals surface area contributed by atoms with Gasteiger partial charge < -0.3 is 4.18 Å². The Morgan fingerprint density at radius 2 is 1.65 bits per heavy atom. The average Bonchev–Trinajstić information content (AvgIpc) is 2.16. The maximum absolute atomic E-state index is 10.5. The van der Waals surface area contributed by atoms with Crippen molar-refractivity contribution in [1.29, 1.82) is 0 Å². The molecule has 0 bridgehead atoms. The van der Waals surface area contributed by atoms with Crippen LogP contribution in [0.3, 0.4) is 0 Å². The Labute approximate surface area is 129 Å². The molecule has 0 heterocycles. The zero-order chi connectivity index (χ0) is 11.8. The van der Waals surface area contributed by atoms with Crippen LogP contribution in [0.2, 0.25) is 0 Å². The van der Waals surface area contributed by atoms with E-state index in [4.69, 9.17) is 4.55 Å². The molecule has 84 valence electrons. The van der Waals surface area contributed by atoms with Crippen LogP contribution in [0.4, 0.5) is 0 Å². The molecular weight excluding hydrogens is 319 g/mol. The van der Waals surface area contributed by atoms with Crippen molar-refractivity contribution >= 4 is 37.1 Å². The molecule has 2 aromatic carbocycles. The van der Waals surface area contributed by atoms with Crippen molar-refractivity contribution < 1.29 is 46.7 Å². The molecular formula is C10H7BrNaO4S+. The van der Waals surface area contributed by atoms with Crippen molar-refractivity contribution in [3.63, 3.8) is 0 Å². The third-order valence-electron chi connectivity index (χ3n) is 1.98. The average molecular weight is 326 g/mol. The van der Waals surface area contributed by atoms with Crippen molar-refractivity contribution in [3.8, 4) is 5.75 Å². The molecule has 2 rings (SSSR count). The molecule has 1 N–H and O–H groups in total. The van der Waals surface area contributed by atoms with Gasteiger partial charge in [-0.15, -0.1) is 0 Å². The summed E-state index contributed by atoms with van der Waals surface area (Å²) < 4.78 is 34.9. The number of rotatable bonds is 2. The van der Waals surface area contributed by atoms with Gasteiger partial charge in [0.25, 0.3) is 0 Å². The molecule has 17 heavy (non-hydrogen) atoms. The largest absolute Gasteiger partial charge is 1.00 e. The van der Waals surface area contributed by atoms with Gasteiger partial charge in [0.2, 0.25) is 0 Å². The zero-order valence-electron chi connectivity index (χ0n) is 8.92. The molecule has 0 aromatic heterocycles. The molecule has 0 radical (unpaired) electrons. The van der Waals surface area contributed by atoms with Gasteiger partial charge in [0, 0.05) is 4.47 Å². The summed E-state index contributed by atoms with van der Waals surface area (Å²) in [5.41, 5.74) is 0. The molecule has 0 aliphatic heterocycles. The normalized spacial score (nSPS) is 10.9. The van der Waals surface area contributed by atoms with Crippen molar-refractivity contribution in [2.24, 2.45) is 0 Å². The second-order valence-electron chi connectivity index (χ2n) is 3.16. The van der Waals surface area contributed by atoms with Gasteiger partial charge in [0.05, 0.1) is 0 Å². The van der Waals surface area contributed by atoms with E-state index in [-0.39, 0.29) is 35.3 Å². The molecule has 4 nitrogen and oxygen atoms in total. The fourth-order valence-corrected chi connectivity index (χ4v) is 2.09. The minimum Gasteiger partial charge on any atom is -0.362 e. The number of hydrogen-bond acceptors (Lipinski definition) is 3. The van der Waals surface area contributed by atoms with Gasteiger partial charge in [0.15, 0.2) is 0 Å². The van der Waals surface area contributed by atoms with Crippen molar-refractivity contribution in [2.75, 3.05) is 0 Å². The van der Waals surface area contributed by atoms with Gasteiger partial charge in [-0.1, -0.05) is 28.1 Å². The first-order valence-electron chi connectivity index (χ1n) is 4.30. The van der Waals surface area contributed by atoms with E-state index in [1.54, 1.807) is 6.07 Å². The van der Waals surface area contributed by atoms with Crippen LogP contribution in [0.25, 0.3) is 10.8 Å². The Balaban J connectivity index is 0.00000144. The topological polar surface area (TPSA) is 63.6 Å². The molecule has 0 atom stereocenters. The predicted octanol–water partition coefficient (Wildman–Crippen LogP) is -0.212. The van der Waals surface area contributed by atoms with Crippen molar-refractivity contribution in [1.82, 2.24) is 0 Å². The summed E-state index contributed by atoms with van der Waals surface area (Å²) in [6, 6.07) is 10.3. The van der Waals surface area contributed by atoms with Crippen LogP contribution in [0.1, 0.15) is 0 Å². The molecule has 0 saturated heterocycles. The summed E-state index contributed by atoms with van der Waals surface area (Å²) in [5.74, 6) is 0.0809. The summed E-state index contributed by atoms with van der Waals surface area (Å²) in [5, 5.41) is 1.77. The fraction of sp³-hybridized carbons (Fsp3) is 0. The number of benzene rings is 2. The quantitative estimate of drug-likeness (QED) is 0.613. The van der Waals surface area contributed by atoms with Crippen LogP contribution < -0.4 is 33.7 Å². The van der Waals surface area contributed by atoms with E-state index in [1.165, 1.54) is 12.1 Å². The predicted molar refractivity (Wildman–Crippen MR) is 63.8 cm³/mol. The van der Waals surface area contributed by atoms with Gasteiger partial charge in [-0.3, -0.25) is 4.55 Å². The summed E-state index contributed by atoms with van der Waals surface area (Å²) in [7, 11) is -4.46. The molecule has 0 spiro atoms. The van der Waals surface area contributed by atoms with Crippen LogP contribution in [0, 0.1) is 0 Å².